The smallest absolute Gasteiger partial charge is 0.0876 e. The Morgan fingerprint density at radius 3 is 2.69 bits per heavy atom. The topological polar surface area (TPSA) is 24.9 Å². The first kappa shape index (κ1) is 11.9. The molecule has 2 aromatic rings. The van der Waals surface area contributed by atoms with Crippen molar-refractivity contribution in [3.63, 3.8) is 0 Å². The second-order valence-electron chi connectivity index (χ2n) is 3.54. The number of aromatic nitrogens is 1. The number of anilines is 1. The van der Waals surface area contributed by atoms with Crippen LogP contribution in [0.3, 0.4) is 0 Å². The highest BCUT2D eigenvalue weighted by Crippen LogP contribution is 2.33. The highest BCUT2D eigenvalue weighted by Gasteiger charge is 2.08. The normalized spacial score (nSPS) is 10.7. The molecule has 0 fully saturated rings. The molecule has 4 heteroatoms. The quantitative estimate of drug-likeness (QED) is 0.882. The predicted molar refractivity (Wildman–Crippen MR) is 75.9 cm³/mol. The van der Waals surface area contributed by atoms with Gasteiger partial charge < -0.3 is 5.32 Å². The average Bonchev–Trinajstić information content (AvgIpc) is 2.31. The van der Waals surface area contributed by atoms with Crippen LogP contribution in [0.15, 0.2) is 33.3 Å². The summed E-state index contributed by atoms with van der Waals surface area (Å²) in [6.45, 7) is 3.12. The fourth-order valence-electron chi connectivity index (χ4n) is 1.60. The molecule has 1 aromatic heterocycles. The molecule has 0 saturated heterocycles. The van der Waals surface area contributed by atoms with Crippen LogP contribution in [0, 0.1) is 0 Å². The second kappa shape index (κ2) is 5.15. The van der Waals surface area contributed by atoms with E-state index in [1.807, 2.05) is 24.4 Å². The third kappa shape index (κ3) is 2.23. The van der Waals surface area contributed by atoms with E-state index in [1.54, 1.807) is 0 Å². The predicted octanol–water partition coefficient (Wildman–Crippen LogP) is 4.58. The summed E-state index contributed by atoms with van der Waals surface area (Å²) in [5, 5.41) is 4.54. The van der Waals surface area contributed by atoms with Crippen LogP contribution in [-0.2, 0) is 0 Å². The van der Waals surface area contributed by atoms with E-state index in [0.29, 0.717) is 0 Å². The third-order valence-corrected chi connectivity index (χ3v) is 3.66. The molecule has 0 aliphatic carbocycles. The van der Waals surface area contributed by atoms with Crippen LogP contribution < -0.4 is 5.32 Å². The first-order chi connectivity index (χ1) is 7.74. The molecular weight excluding hydrogens is 332 g/mol. The van der Waals surface area contributed by atoms with Crippen molar-refractivity contribution < 1.29 is 0 Å². The van der Waals surface area contributed by atoms with Crippen LogP contribution in [0.1, 0.15) is 13.3 Å². The molecule has 0 radical (unpaired) electrons. The van der Waals surface area contributed by atoms with E-state index < -0.39 is 0 Å². The molecule has 1 heterocycles. The molecule has 1 aromatic carbocycles. The summed E-state index contributed by atoms with van der Waals surface area (Å²) < 4.78 is 2.09. The number of benzene rings is 1. The Balaban J connectivity index is 2.61. The van der Waals surface area contributed by atoms with Gasteiger partial charge in [-0.25, -0.2) is 0 Å². The number of pyridine rings is 1. The summed E-state index contributed by atoms with van der Waals surface area (Å²) in [6, 6.07) is 6.05. The Morgan fingerprint density at radius 2 is 1.94 bits per heavy atom. The molecule has 2 rings (SSSR count). The first-order valence-corrected chi connectivity index (χ1v) is 6.79. The van der Waals surface area contributed by atoms with Crippen molar-refractivity contribution in [2.24, 2.45) is 0 Å². The Kier molecular flexibility index (Phi) is 3.82. The second-order valence-corrected chi connectivity index (χ2v) is 5.25. The lowest BCUT2D eigenvalue weighted by molar-refractivity contribution is 0.981. The SMILES string of the molecule is CCCNc1ccnc2c(Br)ccc(Br)c12. The summed E-state index contributed by atoms with van der Waals surface area (Å²) in [5.74, 6) is 0. The number of fused-ring (bicyclic) bond motifs is 1. The van der Waals surface area contributed by atoms with E-state index in [-0.39, 0.29) is 0 Å². The van der Waals surface area contributed by atoms with Crippen LogP contribution in [0.2, 0.25) is 0 Å². The van der Waals surface area contributed by atoms with Gasteiger partial charge in [0, 0.05) is 32.8 Å². The maximum absolute atomic E-state index is 4.39. The number of nitrogens with one attached hydrogen (secondary N) is 1. The number of halogens is 2. The molecule has 0 saturated carbocycles. The minimum atomic E-state index is 0.970. The molecule has 0 amide bonds. The van der Waals surface area contributed by atoms with Gasteiger partial charge in [0.2, 0.25) is 0 Å². The Labute approximate surface area is 112 Å². The van der Waals surface area contributed by atoms with Crippen molar-refractivity contribution in [2.45, 2.75) is 13.3 Å². The van der Waals surface area contributed by atoms with Gasteiger partial charge in [-0.3, -0.25) is 4.98 Å². The van der Waals surface area contributed by atoms with Crippen LogP contribution in [0.4, 0.5) is 5.69 Å². The minimum absolute atomic E-state index is 0.970. The maximum Gasteiger partial charge on any atom is 0.0876 e. The Morgan fingerprint density at radius 1 is 1.19 bits per heavy atom. The average molecular weight is 344 g/mol. The monoisotopic (exact) mass is 342 g/mol. The summed E-state index contributed by atoms with van der Waals surface area (Å²) in [4.78, 5) is 4.39. The van der Waals surface area contributed by atoms with E-state index in [2.05, 4.69) is 49.1 Å². The molecule has 84 valence electrons. The molecule has 1 N–H and O–H groups in total. The molecule has 0 atom stereocenters. The number of rotatable bonds is 3. The zero-order valence-corrected chi connectivity index (χ0v) is 12.1. The van der Waals surface area contributed by atoms with Crippen molar-refractivity contribution in [3.8, 4) is 0 Å². The highest BCUT2D eigenvalue weighted by atomic mass is 79.9. The lowest BCUT2D eigenvalue weighted by Gasteiger charge is -2.10. The maximum atomic E-state index is 4.39. The van der Waals surface area contributed by atoms with Crippen molar-refractivity contribution in [1.82, 2.24) is 4.98 Å². The lowest BCUT2D eigenvalue weighted by atomic mass is 10.2. The summed E-state index contributed by atoms with van der Waals surface area (Å²) >= 11 is 7.10. The van der Waals surface area contributed by atoms with Gasteiger partial charge in [-0.1, -0.05) is 22.9 Å². The lowest BCUT2D eigenvalue weighted by Crippen LogP contribution is -2.01. The molecule has 0 aliphatic rings. The Bertz CT molecular complexity index is 512. The zero-order valence-electron chi connectivity index (χ0n) is 8.93. The zero-order chi connectivity index (χ0) is 11.5. The van der Waals surface area contributed by atoms with Gasteiger partial charge in [-0.2, -0.15) is 0 Å². The fraction of sp³-hybridized carbons (Fsp3) is 0.250. The summed E-state index contributed by atoms with van der Waals surface area (Å²) in [7, 11) is 0. The van der Waals surface area contributed by atoms with Gasteiger partial charge in [0.1, 0.15) is 0 Å². The van der Waals surface area contributed by atoms with Crippen LogP contribution in [-0.4, -0.2) is 11.5 Å². The van der Waals surface area contributed by atoms with Crippen molar-refractivity contribution in [1.29, 1.82) is 0 Å². The molecular formula is C12H12Br2N2. The molecule has 0 aliphatic heterocycles. The first-order valence-electron chi connectivity index (χ1n) is 5.20. The highest BCUT2D eigenvalue weighted by molar-refractivity contribution is 9.11. The molecule has 16 heavy (non-hydrogen) atoms. The van der Waals surface area contributed by atoms with E-state index in [1.165, 1.54) is 0 Å². The van der Waals surface area contributed by atoms with E-state index >= 15 is 0 Å². The number of hydrogen-bond acceptors (Lipinski definition) is 2. The number of hydrogen-bond donors (Lipinski definition) is 1. The van der Waals surface area contributed by atoms with E-state index in [9.17, 15) is 0 Å². The van der Waals surface area contributed by atoms with Crippen molar-refractivity contribution >= 4 is 48.5 Å². The fourth-order valence-corrected chi connectivity index (χ4v) is 2.57. The van der Waals surface area contributed by atoms with Crippen LogP contribution in [0.25, 0.3) is 10.9 Å². The largest absolute Gasteiger partial charge is 0.384 e. The standard InChI is InChI=1S/C12H12Br2N2/c1-2-6-15-10-5-7-16-12-9(14)4-3-8(13)11(10)12/h3-5,7H,2,6H2,1H3,(H,15,16). The number of nitrogens with zero attached hydrogens (tertiary/aromatic N) is 1. The van der Waals surface area contributed by atoms with Gasteiger partial charge in [0.25, 0.3) is 0 Å². The van der Waals surface area contributed by atoms with Gasteiger partial charge in [0.05, 0.1) is 5.52 Å². The third-order valence-electron chi connectivity index (χ3n) is 2.36. The van der Waals surface area contributed by atoms with Gasteiger partial charge in [-0.05, 0) is 40.5 Å². The van der Waals surface area contributed by atoms with Gasteiger partial charge in [0.15, 0.2) is 0 Å². The molecule has 2 nitrogen and oxygen atoms in total. The minimum Gasteiger partial charge on any atom is -0.384 e. The summed E-state index contributed by atoms with van der Waals surface area (Å²) in [6.07, 6.45) is 2.94. The van der Waals surface area contributed by atoms with Gasteiger partial charge >= 0.3 is 0 Å². The van der Waals surface area contributed by atoms with E-state index in [0.717, 1.165) is 38.5 Å². The summed E-state index contributed by atoms with van der Waals surface area (Å²) in [5.41, 5.74) is 2.11. The van der Waals surface area contributed by atoms with Crippen molar-refractivity contribution in [2.75, 3.05) is 11.9 Å². The van der Waals surface area contributed by atoms with Crippen LogP contribution >= 0.6 is 31.9 Å². The van der Waals surface area contributed by atoms with Crippen molar-refractivity contribution in [3.05, 3.63) is 33.3 Å². The van der Waals surface area contributed by atoms with Gasteiger partial charge in [-0.15, -0.1) is 0 Å². The molecule has 0 bridgehead atoms. The van der Waals surface area contributed by atoms with Crippen LogP contribution in [0.5, 0.6) is 0 Å². The molecule has 0 unspecified atom stereocenters. The van der Waals surface area contributed by atoms with E-state index in [4.69, 9.17) is 0 Å². The molecule has 0 spiro atoms. The Hall–Kier alpha value is -0.610.